The predicted molar refractivity (Wildman–Crippen MR) is 103 cm³/mol. The van der Waals surface area contributed by atoms with E-state index < -0.39 is 29.4 Å². The summed E-state index contributed by atoms with van der Waals surface area (Å²) in [6.07, 6.45) is 3.97. The van der Waals surface area contributed by atoms with Crippen LogP contribution in [0, 0.1) is 11.3 Å². The molecular formula is C20H33N3O5. The number of piperidine rings is 1. The summed E-state index contributed by atoms with van der Waals surface area (Å²) in [7, 11) is 0. The lowest BCUT2D eigenvalue weighted by Crippen LogP contribution is -2.48. The normalized spacial score (nSPS) is 19.8. The number of amides is 4. The summed E-state index contributed by atoms with van der Waals surface area (Å²) in [6, 6.07) is -0.444. The molecule has 1 atom stereocenters. The van der Waals surface area contributed by atoms with Gasteiger partial charge in [-0.15, -0.1) is 0 Å². The SMILES string of the molecule is C[C@H](OC(=O)C1CCN(C(=O)C(C)(C)C)CC1)C(=O)NC(=O)NC1CCCC1. The molecule has 1 heterocycles. The number of hydrogen-bond donors (Lipinski definition) is 2. The highest BCUT2D eigenvalue weighted by molar-refractivity contribution is 5.97. The molecule has 0 aromatic carbocycles. The molecule has 4 amide bonds. The fourth-order valence-electron chi connectivity index (χ4n) is 3.62. The van der Waals surface area contributed by atoms with Gasteiger partial charge >= 0.3 is 12.0 Å². The summed E-state index contributed by atoms with van der Waals surface area (Å²) in [5, 5.41) is 4.99. The van der Waals surface area contributed by atoms with Crippen molar-refractivity contribution in [2.75, 3.05) is 13.1 Å². The molecule has 158 valence electrons. The van der Waals surface area contributed by atoms with Crippen LogP contribution in [0.2, 0.25) is 0 Å². The Kier molecular flexibility index (Phi) is 7.43. The third kappa shape index (κ3) is 6.21. The first kappa shape index (κ1) is 22.2. The molecule has 2 fully saturated rings. The molecule has 2 rings (SSSR count). The van der Waals surface area contributed by atoms with Gasteiger partial charge in [0, 0.05) is 24.5 Å². The zero-order valence-corrected chi connectivity index (χ0v) is 17.4. The van der Waals surface area contributed by atoms with Crippen molar-refractivity contribution in [1.82, 2.24) is 15.5 Å². The lowest BCUT2D eigenvalue weighted by Gasteiger charge is -2.35. The maximum absolute atomic E-state index is 12.3. The lowest BCUT2D eigenvalue weighted by molar-refractivity contribution is -0.161. The highest BCUT2D eigenvalue weighted by atomic mass is 16.5. The minimum Gasteiger partial charge on any atom is -0.452 e. The smallest absolute Gasteiger partial charge is 0.321 e. The van der Waals surface area contributed by atoms with Crippen LogP contribution in [0.5, 0.6) is 0 Å². The molecule has 0 radical (unpaired) electrons. The van der Waals surface area contributed by atoms with Gasteiger partial charge < -0.3 is 15.0 Å². The quantitative estimate of drug-likeness (QED) is 0.708. The van der Waals surface area contributed by atoms with E-state index in [0.717, 1.165) is 25.7 Å². The van der Waals surface area contributed by atoms with Gasteiger partial charge in [-0.1, -0.05) is 33.6 Å². The molecule has 28 heavy (non-hydrogen) atoms. The fraction of sp³-hybridized carbons (Fsp3) is 0.800. The van der Waals surface area contributed by atoms with Gasteiger partial charge in [0.2, 0.25) is 5.91 Å². The van der Waals surface area contributed by atoms with Crippen molar-refractivity contribution in [2.45, 2.75) is 78.4 Å². The molecule has 0 aromatic rings. The molecule has 1 saturated heterocycles. The van der Waals surface area contributed by atoms with Crippen LogP contribution in [-0.2, 0) is 19.1 Å². The van der Waals surface area contributed by atoms with Gasteiger partial charge in [0.1, 0.15) is 0 Å². The molecule has 1 aliphatic heterocycles. The largest absolute Gasteiger partial charge is 0.452 e. The third-order valence-electron chi connectivity index (χ3n) is 5.35. The first-order valence-corrected chi connectivity index (χ1v) is 10.2. The van der Waals surface area contributed by atoms with Crippen molar-refractivity contribution in [3.05, 3.63) is 0 Å². The first-order chi connectivity index (χ1) is 13.1. The van der Waals surface area contributed by atoms with Gasteiger partial charge in [0.15, 0.2) is 6.10 Å². The molecule has 0 aromatic heterocycles. The van der Waals surface area contributed by atoms with E-state index in [1.807, 2.05) is 20.8 Å². The second-order valence-corrected chi connectivity index (χ2v) is 8.84. The standard InChI is InChI=1S/C20H33N3O5/c1-13(16(24)22-19(27)21-15-7-5-6-8-15)28-17(25)14-9-11-23(12-10-14)18(26)20(2,3)4/h13-15H,5-12H2,1-4H3,(H2,21,22,24,27)/t13-/m0/s1. The number of nitrogens with one attached hydrogen (secondary N) is 2. The monoisotopic (exact) mass is 395 g/mol. The summed E-state index contributed by atoms with van der Waals surface area (Å²) < 4.78 is 5.25. The topological polar surface area (TPSA) is 105 Å². The Morgan fingerprint density at radius 1 is 1.00 bits per heavy atom. The highest BCUT2D eigenvalue weighted by Crippen LogP contribution is 2.24. The fourth-order valence-corrected chi connectivity index (χ4v) is 3.62. The summed E-state index contributed by atoms with van der Waals surface area (Å²) in [5.41, 5.74) is -0.445. The molecule has 8 heteroatoms. The van der Waals surface area contributed by atoms with Crippen LogP contribution < -0.4 is 10.6 Å². The van der Waals surface area contributed by atoms with Crippen LogP contribution in [0.1, 0.15) is 66.2 Å². The van der Waals surface area contributed by atoms with Gasteiger partial charge in [-0.3, -0.25) is 19.7 Å². The minimum atomic E-state index is -1.05. The average Bonchev–Trinajstić information content (AvgIpc) is 3.13. The van der Waals surface area contributed by atoms with Crippen LogP contribution in [0.4, 0.5) is 4.79 Å². The highest BCUT2D eigenvalue weighted by Gasteiger charge is 2.34. The van der Waals surface area contributed by atoms with Crippen LogP contribution in [0.25, 0.3) is 0 Å². The molecule has 1 aliphatic carbocycles. The molecule has 1 saturated carbocycles. The molecule has 0 unspecified atom stereocenters. The Bertz CT molecular complexity index is 599. The van der Waals surface area contributed by atoms with Gasteiger partial charge in [-0.25, -0.2) is 4.79 Å². The number of carbonyl (C=O) groups is 4. The van der Waals surface area contributed by atoms with Crippen molar-refractivity contribution in [3.8, 4) is 0 Å². The number of nitrogens with zero attached hydrogens (tertiary/aromatic N) is 1. The molecule has 0 bridgehead atoms. The van der Waals surface area contributed by atoms with Gasteiger partial charge in [0.25, 0.3) is 5.91 Å². The number of likely N-dealkylation sites (tertiary alicyclic amines) is 1. The number of rotatable bonds is 4. The van der Waals surface area contributed by atoms with Crippen LogP contribution in [0.3, 0.4) is 0 Å². The average molecular weight is 396 g/mol. The van der Waals surface area contributed by atoms with Crippen molar-refractivity contribution in [3.63, 3.8) is 0 Å². The zero-order valence-electron chi connectivity index (χ0n) is 17.4. The van der Waals surface area contributed by atoms with E-state index in [9.17, 15) is 19.2 Å². The van der Waals surface area contributed by atoms with E-state index in [0.29, 0.717) is 25.9 Å². The maximum atomic E-state index is 12.3. The maximum Gasteiger partial charge on any atom is 0.321 e. The summed E-state index contributed by atoms with van der Waals surface area (Å²) in [5.74, 6) is -1.36. The first-order valence-electron chi connectivity index (χ1n) is 10.2. The van der Waals surface area contributed by atoms with Crippen LogP contribution >= 0.6 is 0 Å². The number of urea groups is 1. The Labute approximate surface area is 166 Å². The van der Waals surface area contributed by atoms with E-state index in [-0.39, 0.29) is 17.9 Å². The van der Waals surface area contributed by atoms with Crippen molar-refractivity contribution >= 4 is 23.8 Å². The summed E-state index contributed by atoms with van der Waals surface area (Å²) >= 11 is 0. The van der Waals surface area contributed by atoms with E-state index in [2.05, 4.69) is 10.6 Å². The zero-order chi connectivity index (χ0) is 20.9. The minimum absolute atomic E-state index is 0.0698. The molecule has 2 aliphatic rings. The summed E-state index contributed by atoms with van der Waals surface area (Å²) in [6.45, 7) is 8.07. The van der Waals surface area contributed by atoms with Crippen LogP contribution in [-0.4, -0.2) is 54.0 Å². The van der Waals surface area contributed by atoms with Gasteiger partial charge in [0.05, 0.1) is 5.92 Å². The summed E-state index contributed by atoms with van der Waals surface area (Å²) in [4.78, 5) is 50.4. The van der Waals surface area contributed by atoms with Gasteiger partial charge in [-0.2, -0.15) is 0 Å². The van der Waals surface area contributed by atoms with Crippen molar-refractivity contribution < 1.29 is 23.9 Å². The third-order valence-corrected chi connectivity index (χ3v) is 5.35. The molecule has 8 nitrogen and oxygen atoms in total. The Morgan fingerprint density at radius 3 is 2.11 bits per heavy atom. The Hall–Kier alpha value is -2.12. The van der Waals surface area contributed by atoms with Crippen molar-refractivity contribution in [2.24, 2.45) is 11.3 Å². The predicted octanol–water partition coefficient (Wildman–Crippen LogP) is 1.97. The van der Waals surface area contributed by atoms with E-state index in [1.165, 1.54) is 6.92 Å². The van der Waals surface area contributed by atoms with Crippen LogP contribution in [0.15, 0.2) is 0 Å². The van der Waals surface area contributed by atoms with E-state index >= 15 is 0 Å². The van der Waals surface area contributed by atoms with E-state index in [1.54, 1.807) is 4.90 Å². The number of ether oxygens (including phenoxy) is 1. The number of imide groups is 1. The Balaban J connectivity index is 1.73. The van der Waals surface area contributed by atoms with E-state index in [4.69, 9.17) is 4.74 Å². The second-order valence-electron chi connectivity index (χ2n) is 8.84. The molecule has 0 spiro atoms. The van der Waals surface area contributed by atoms with Crippen molar-refractivity contribution in [1.29, 1.82) is 0 Å². The number of hydrogen-bond acceptors (Lipinski definition) is 5. The molecular weight excluding hydrogens is 362 g/mol. The molecule has 2 N–H and O–H groups in total. The second kappa shape index (κ2) is 9.39. The number of esters is 1. The van der Waals surface area contributed by atoms with Gasteiger partial charge in [-0.05, 0) is 32.6 Å². The Morgan fingerprint density at radius 2 is 1.57 bits per heavy atom. The number of carbonyl (C=O) groups excluding carboxylic acids is 4. The lowest BCUT2D eigenvalue weighted by atomic mass is 9.91.